The number of hydrogen-bond donors (Lipinski definition) is 1. The lowest BCUT2D eigenvalue weighted by Crippen LogP contribution is -2.30. The number of hydrogen-bond acceptors (Lipinski definition) is 8. The first-order chi connectivity index (χ1) is 19.5. The third-order valence-corrected chi connectivity index (χ3v) is 5.61. The molecule has 1 atom stereocenters. The average Bonchev–Trinajstić information content (AvgIpc) is 2.97. The number of ether oxygens (including phenoxy) is 5. The zero-order valence-electron chi connectivity index (χ0n) is 23.3. The number of amides is 1. The maximum absolute atomic E-state index is 12.5. The number of carbonyl (C=O) groups excluding carboxylic acids is 3. The quantitative estimate of drug-likeness (QED) is 0.0744. The number of unbranched alkanes of at least 4 members (excludes halogenated alkanes) is 1. The number of rotatable bonds is 22. The Morgan fingerprint density at radius 3 is 2.27 bits per heavy atom. The fourth-order valence-corrected chi connectivity index (χ4v) is 3.43. The third-order valence-electron chi connectivity index (χ3n) is 5.61. The minimum absolute atomic E-state index is 0.0508. The molecule has 0 heterocycles. The summed E-state index contributed by atoms with van der Waals surface area (Å²) in [5, 5.41) is 2.78. The van der Waals surface area contributed by atoms with Crippen LogP contribution in [0.25, 0.3) is 0 Å². The van der Waals surface area contributed by atoms with Gasteiger partial charge in [0.05, 0.1) is 39.5 Å². The average molecular weight is 556 g/mol. The molecule has 0 saturated carbocycles. The zero-order chi connectivity index (χ0) is 28.8. The number of nitrogens with one attached hydrogen (secondary N) is 1. The first-order valence-electron chi connectivity index (χ1n) is 13.7. The Morgan fingerprint density at radius 1 is 0.825 bits per heavy atom. The molecule has 0 bridgehead atoms. The van der Waals surface area contributed by atoms with Gasteiger partial charge in [-0.2, -0.15) is 0 Å². The zero-order valence-corrected chi connectivity index (χ0v) is 23.3. The van der Waals surface area contributed by atoms with Gasteiger partial charge in [-0.15, -0.1) is 6.58 Å². The van der Waals surface area contributed by atoms with Crippen molar-refractivity contribution in [2.75, 3.05) is 46.2 Å². The molecule has 0 spiro atoms. The standard InChI is InChI=1S/C31H41NO8/c1-3-4-12-30(34)40-20-9-8-19-36-23-24-38-25(2)37-22-18-32-29(33)17-21-39-28-15-13-27(14-16-28)31(35)26-10-6-5-7-11-26/h3,5-7,10-11,13-16,25H,1,4,8-9,12,17-24H2,2H3,(H,32,33). The van der Waals surface area contributed by atoms with E-state index in [1.807, 2.05) is 18.2 Å². The molecule has 218 valence electrons. The lowest BCUT2D eigenvalue weighted by atomic mass is 10.0. The fourth-order valence-electron chi connectivity index (χ4n) is 3.43. The molecule has 0 saturated heterocycles. The maximum Gasteiger partial charge on any atom is 0.306 e. The molecule has 1 N–H and O–H groups in total. The van der Waals surface area contributed by atoms with Crippen LogP contribution in [-0.4, -0.2) is 70.1 Å². The van der Waals surface area contributed by atoms with Crippen LogP contribution in [0, 0.1) is 0 Å². The summed E-state index contributed by atoms with van der Waals surface area (Å²) in [7, 11) is 0. The fraction of sp³-hybridized carbons (Fsp3) is 0.452. The second kappa shape index (κ2) is 20.4. The van der Waals surface area contributed by atoms with Crippen molar-refractivity contribution >= 4 is 17.7 Å². The molecule has 0 aliphatic carbocycles. The van der Waals surface area contributed by atoms with Gasteiger partial charge in [-0.1, -0.05) is 36.4 Å². The van der Waals surface area contributed by atoms with Crippen molar-refractivity contribution in [3.8, 4) is 5.75 Å². The van der Waals surface area contributed by atoms with Crippen molar-refractivity contribution in [2.24, 2.45) is 0 Å². The van der Waals surface area contributed by atoms with Crippen molar-refractivity contribution in [1.82, 2.24) is 5.32 Å². The minimum atomic E-state index is -0.421. The van der Waals surface area contributed by atoms with Gasteiger partial charge in [-0.05, 0) is 50.5 Å². The van der Waals surface area contributed by atoms with E-state index in [4.69, 9.17) is 23.7 Å². The van der Waals surface area contributed by atoms with Crippen LogP contribution in [-0.2, 0) is 28.5 Å². The van der Waals surface area contributed by atoms with E-state index < -0.39 is 6.29 Å². The predicted molar refractivity (Wildman–Crippen MR) is 151 cm³/mol. The SMILES string of the molecule is C=CCCC(=O)OCCCCOCCOC(C)OCCNC(=O)CCOc1ccc(C(=O)c2ccccc2)cc1. The summed E-state index contributed by atoms with van der Waals surface area (Å²) in [4.78, 5) is 35.8. The largest absolute Gasteiger partial charge is 0.493 e. The van der Waals surface area contributed by atoms with E-state index in [0.29, 0.717) is 69.3 Å². The van der Waals surface area contributed by atoms with Gasteiger partial charge in [0.15, 0.2) is 12.1 Å². The Balaban J connectivity index is 1.42. The Bertz CT molecular complexity index is 1010. The first kappa shape index (κ1) is 32.7. The summed E-state index contributed by atoms with van der Waals surface area (Å²) in [6, 6.07) is 16.0. The summed E-state index contributed by atoms with van der Waals surface area (Å²) in [6.45, 7) is 8.06. The lowest BCUT2D eigenvalue weighted by Gasteiger charge is -2.14. The van der Waals surface area contributed by atoms with E-state index in [-0.39, 0.29) is 30.7 Å². The molecule has 0 radical (unpaired) electrons. The molecule has 2 aromatic carbocycles. The highest BCUT2D eigenvalue weighted by Gasteiger charge is 2.09. The van der Waals surface area contributed by atoms with Crippen LogP contribution >= 0.6 is 0 Å². The first-order valence-corrected chi connectivity index (χ1v) is 13.7. The van der Waals surface area contributed by atoms with Gasteiger partial charge in [0.2, 0.25) is 5.91 Å². The molecule has 2 rings (SSSR count). The Kier molecular flexibility index (Phi) is 16.7. The summed E-state index contributed by atoms with van der Waals surface area (Å²) in [5.74, 6) is 0.197. The molecule has 2 aromatic rings. The van der Waals surface area contributed by atoms with Crippen molar-refractivity contribution in [2.45, 2.75) is 45.3 Å². The van der Waals surface area contributed by atoms with Gasteiger partial charge in [-0.25, -0.2) is 0 Å². The van der Waals surface area contributed by atoms with E-state index >= 15 is 0 Å². The third kappa shape index (κ3) is 14.6. The minimum Gasteiger partial charge on any atom is -0.493 e. The molecular formula is C31H41NO8. The Morgan fingerprint density at radius 2 is 1.52 bits per heavy atom. The molecule has 40 heavy (non-hydrogen) atoms. The smallest absolute Gasteiger partial charge is 0.306 e. The van der Waals surface area contributed by atoms with E-state index in [9.17, 15) is 14.4 Å². The molecule has 0 aliphatic heterocycles. The Labute approximate surface area is 236 Å². The van der Waals surface area contributed by atoms with Crippen LogP contribution < -0.4 is 10.1 Å². The summed E-state index contributed by atoms with van der Waals surface area (Å²) in [6.07, 6.45) is 4.03. The second-order valence-electron chi connectivity index (χ2n) is 8.84. The van der Waals surface area contributed by atoms with Gasteiger partial charge in [0, 0.05) is 30.7 Å². The van der Waals surface area contributed by atoms with Crippen molar-refractivity contribution in [1.29, 1.82) is 0 Å². The molecule has 1 unspecified atom stereocenters. The highest BCUT2D eigenvalue weighted by atomic mass is 16.7. The molecule has 9 nitrogen and oxygen atoms in total. The molecule has 9 heteroatoms. The highest BCUT2D eigenvalue weighted by molar-refractivity contribution is 6.08. The number of carbonyl (C=O) groups is 3. The molecular weight excluding hydrogens is 514 g/mol. The number of allylic oxidation sites excluding steroid dienone is 1. The molecule has 0 aromatic heterocycles. The van der Waals surface area contributed by atoms with Crippen molar-refractivity contribution < 1.29 is 38.1 Å². The highest BCUT2D eigenvalue weighted by Crippen LogP contribution is 2.15. The second-order valence-corrected chi connectivity index (χ2v) is 8.84. The van der Waals surface area contributed by atoms with Crippen molar-refractivity contribution in [3.63, 3.8) is 0 Å². The number of ketones is 1. The van der Waals surface area contributed by atoms with E-state index in [1.165, 1.54) is 0 Å². The maximum atomic E-state index is 12.5. The van der Waals surface area contributed by atoms with Crippen LogP contribution in [0.4, 0.5) is 0 Å². The van der Waals surface area contributed by atoms with Gasteiger partial charge in [0.25, 0.3) is 0 Å². The van der Waals surface area contributed by atoms with Crippen LogP contribution in [0.15, 0.2) is 67.3 Å². The monoisotopic (exact) mass is 555 g/mol. The van der Waals surface area contributed by atoms with Gasteiger partial charge < -0.3 is 29.0 Å². The van der Waals surface area contributed by atoms with Crippen LogP contribution in [0.1, 0.15) is 54.9 Å². The van der Waals surface area contributed by atoms with Crippen LogP contribution in [0.3, 0.4) is 0 Å². The van der Waals surface area contributed by atoms with Crippen LogP contribution in [0.2, 0.25) is 0 Å². The summed E-state index contributed by atoms with van der Waals surface area (Å²) >= 11 is 0. The van der Waals surface area contributed by atoms with Crippen LogP contribution in [0.5, 0.6) is 5.75 Å². The Hall–Kier alpha value is -3.53. The number of esters is 1. The number of benzene rings is 2. The normalized spacial score (nSPS) is 11.4. The van der Waals surface area contributed by atoms with E-state index in [2.05, 4.69) is 11.9 Å². The molecule has 1 amide bonds. The molecule has 0 fully saturated rings. The van der Waals surface area contributed by atoms with E-state index in [1.54, 1.807) is 49.4 Å². The van der Waals surface area contributed by atoms with E-state index in [0.717, 1.165) is 12.8 Å². The summed E-state index contributed by atoms with van der Waals surface area (Å²) in [5.41, 5.74) is 1.21. The lowest BCUT2D eigenvalue weighted by molar-refractivity contribution is -0.144. The van der Waals surface area contributed by atoms with Gasteiger partial charge in [0.1, 0.15) is 5.75 Å². The predicted octanol–water partition coefficient (Wildman–Crippen LogP) is 4.49. The van der Waals surface area contributed by atoms with Crippen molar-refractivity contribution in [3.05, 3.63) is 78.4 Å². The molecule has 0 aliphatic rings. The van der Waals surface area contributed by atoms with Gasteiger partial charge >= 0.3 is 5.97 Å². The summed E-state index contributed by atoms with van der Waals surface area (Å²) < 4.78 is 27.3. The van der Waals surface area contributed by atoms with Gasteiger partial charge in [-0.3, -0.25) is 14.4 Å². The topological polar surface area (TPSA) is 109 Å².